The zero-order valence-corrected chi connectivity index (χ0v) is 6.85. The molecule has 0 aromatic heterocycles. The summed E-state index contributed by atoms with van der Waals surface area (Å²) in [4.78, 5) is 0. The summed E-state index contributed by atoms with van der Waals surface area (Å²) in [5, 5.41) is 0. The predicted molar refractivity (Wildman–Crippen MR) is 43.2 cm³/mol. The van der Waals surface area contributed by atoms with Crippen molar-refractivity contribution in [2.24, 2.45) is 17.4 Å². The fraction of sp³-hybridized carbons (Fsp3) is 1.00. The molecule has 58 valence electrons. The molecule has 0 aliphatic heterocycles. The van der Waals surface area contributed by atoms with Gasteiger partial charge in [-0.05, 0) is 25.4 Å². The molecule has 1 unspecified atom stereocenters. The lowest BCUT2D eigenvalue weighted by atomic mass is 10.1. The molecule has 0 aliphatic carbocycles. The Balaban J connectivity index is 0. The minimum Gasteiger partial charge on any atom is -0.330 e. The van der Waals surface area contributed by atoms with Crippen molar-refractivity contribution in [1.29, 1.82) is 0 Å². The number of nitrogens with two attached hydrogens (primary N) is 2. The molecule has 0 amide bonds. The summed E-state index contributed by atoms with van der Waals surface area (Å²) >= 11 is 0. The van der Waals surface area contributed by atoms with Crippen LogP contribution in [0, 0.1) is 5.92 Å². The van der Waals surface area contributed by atoms with Crippen molar-refractivity contribution in [2.75, 3.05) is 13.1 Å². The van der Waals surface area contributed by atoms with E-state index in [1.165, 1.54) is 0 Å². The third-order valence-electron chi connectivity index (χ3n) is 1.06. The second-order valence-corrected chi connectivity index (χ2v) is 1.92. The van der Waals surface area contributed by atoms with Crippen LogP contribution in [0.5, 0.6) is 0 Å². The molecule has 0 aromatic rings. The molecule has 0 heterocycles. The lowest BCUT2D eigenvalue weighted by molar-refractivity contribution is 0.553. The average Bonchev–Trinajstić information content (AvgIpc) is 1.93. The van der Waals surface area contributed by atoms with Gasteiger partial charge in [0, 0.05) is 0 Å². The van der Waals surface area contributed by atoms with Crippen LogP contribution in [0.15, 0.2) is 0 Å². The van der Waals surface area contributed by atoms with Crippen molar-refractivity contribution in [3.05, 3.63) is 0 Å². The number of hydrogen-bond donors (Lipinski definition) is 2. The lowest BCUT2D eigenvalue weighted by Crippen LogP contribution is -2.14. The van der Waals surface area contributed by atoms with Crippen LogP contribution in [0.25, 0.3) is 0 Å². The van der Waals surface area contributed by atoms with E-state index in [9.17, 15) is 0 Å². The molecule has 0 spiro atoms. The molecule has 0 radical (unpaired) electrons. The van der Waals surface area contributed by atoms with Gasteiger partial charge in [0.25, 0.3) is 0 Å². The number of rotatable bonds is 3. The van der Waals surface area contributed by atoms with Gasteiger partial charge in [-0.2, -0.15) is 0 Å². The molecule has 4 N–H and O–H groups in total. The molecule has 2 nitrogen and oxygen atoms in total. The monoisotopic (exact) mass is 132 g/mol. The highest BCUT2D eigenvalue weighted by molar-refractivity contribution is 4.51. The van der Waals surface area contributed by atoms with E-state index in [0.29, 0.717) is 5.92 Å². The maximum absolute atomic E-state index is 5.30. The number of hydrogen-bond acceptors (Lipinski definition) is 2. The van der Waals surface area contributed by atoms with Gasteiger partial charge < -0.3 is 11.5 Å². The summed E-state index contributed by atoms with van der Waals surface area (Å²) in [6.07, 6.45) is 1.05. The summed E-state index contributed by atoms with van der Waals surface area (Å²) < 4.78 is 0. The summed E-state index contributed by atoms with van der Waals surface area (Å²) in [7, 11) is 0. The minimum absolute atomic E-state index is 0.602. The van der Waals surface area contributed by atoms with Crippen LogP contribution in [0.4, 0.5) is 0 Å². The van der Waals surface area contributed by atoms with E-state index in [1.54, 1.807) is 0 Å². The molecule has 0 rings (SSSR count). The van der Waals surface area contributed by atoms with Crippen molar-refractivity contribution in [1.82, 2.24) is 0 Å². The first-order valence-corrected chi connectivity index (χ1v) is 3.71. The lowest BCUT2D eigenvalue weighted by Gasteiger charge is -2.02. The van der Waals surface area contributed by atoms with Gasteiger partial charge in [0.1, 0.15) is 0 Å². The Bertz CT molecular complexity index is 37.9. The topological polar surface area (TPSA) is 52.0 Å². The van der Waals surface area contributed by atoms with Crippen molar-refractivity contribution in [3.63, 3.8) is 0 Å². The Morgan fingerprint density at radius 2 is 1.67 bits per heavy atom. The fourth-order valence-corrected chi connectivity index (χ4v) is 0.402. The Morgan fingerprint density at radius 1 is 1.22 bits per heavy atom. The molecule has 0 aromatic carbocycles. The Hall–Kier alpha value is -0.0800. The van der Waals surface area contributed by atoms with Crippen molar-refractivity contribution in [3.8, 4) is 0 Å². The Labute approximate surface area is 58.6 Å². The molecule has 2 heteroatoms. The van der Waals surface area contributed by atoms with Gasteiger partial charge in [0.2, 0.25) is 0 Å². The molecule has 0 saturated carbocycles. The van der Waals surface area contributed by atoms with Gasteiger partial charge in [-0.15, -0.1) is 0 Å². The van der Waals surface area contributed by atoms with E-state index >= 15 is 0 Å². The second kappa shape index (κ2) is 10.8. The van der Waals surface area contributed by atoms with E-state index in [0.717, 1.165) is 19.5 Å². The second-order valence-electron chi connectivity index (χ2n) is 1.92. The van der Waals surface area contributed by atoms with Crippen LogP contribution in [0.2, 0.25) is 0 Å². The molecular weight excluding hydrogens is 112 g/mol. The quantitative estimate of drug-likeness (QED) is 0.601. The van der Waals surface area contributed by atoms with Gasteiger partial charge in [-0.25, -0.2) is 0 Å². The molecular formula is C7H20N2. The van der Waals surface area contributed by atoms with Crippen molar-refractivity contribution in [2.45, 2.75) is 27.2 Å². The van der Waals surface area contributed by atoms with Crippen LogP contribution in [0.3, 0.4) is 0 Å². The first kappa shape index (κ1) is 11.7. The van der Waals surface area contributed by atoms with E-state index < -0.39 is 0 Å². The highest BCUT2D eigenvalue weighted by Gasteiger charge is 1.93. The first-order valence-electron chi connectivity index (χ1n) is 3.71. The van der Waals surface area contributed by atoms with E-state index in [1.807, 2.05) is 13.8 Å². The zero-order valence-electron chi connectivity index (χ0n) is 6.85. The highest BCUT2D eigenvalue weighted by atomic mass is 14.6. The maximum Gasteiger partial charge on any atom is -0.00510 e. The normalized spacial score (nSPS) is 11.7. The predicted octanol–water partition coefficient (Wildman–Crippen LogP) is 0.956. The molecule has 0 fully saturated rings. The summed E-state index contributed by atoms with van der Waals surface area (Å²) in [6, 6.07) is 0. The minimum atomic E-state index is 0.602. The van der Waals surface area contributed by atoms with Crippen LogP contribution < -0.4 is 11.5 Å². The molecule has 0 bridgehead atoms. The SMILES string of the molecule is CC.CC(CN)CCN. The fourth-order valence-electron chi connectivity index (χ4n) is 0.402. The van der Waals surface area contributed by atoms with E-state index in [2.05, 4.69) is 6.92 Å². The molecule has 0 aliphatic rings. The molecule has 9 heavy (non-hydrogen) atoms. The smallest absolute Gasteiger partial charge is 0.00510 e. The van der Waals surface area contributed by atoms with Gasteiger partial charge >= 0.3 is 0 Å². The van der Waals surface area contributed by atoms with Crippen molar-refractivity contribution < 1.29 is 0 Å². The summed E-state index contributed by atoms with van der Waals surface area (Å²) in [6.45, 7) is 7.63. The largest absolute Gasteiger partial charge is 0.330 e. The maximum atomic E-state index is 5.30. The van der Waals surface area contributed by atoms with Gasteiger partial charge in [0.15, 0.2) is 0 Å². The van der Waals surface area contributed by atoms with Gasteiger partial charge in [-0.1, -0.05) is 20.8 Å². The van der Waals surface area contributed by atoms with Crippen LogP contribution in [-0.2, 0) is 0 Å². The van der Waals surface area contributed by atoms with Crippen molar-refractivity contribution >= 4 is 0 Å². The zero-order chi connectivity index (χ0) is 7.70. The average molecular weight is 132 g/mol. The van der Waals surface area contributed by atoms with Gasteiger partial charge in [0.05, 0.1) is 0 Å². The van der Waals surface area contributed by atoms with E-state index in [-0.39, 0.29) is 0 Å². The Morgan fingerprint density at radius 3 is 1.78 bits per heavy atom. The van der Waals surface area contributed by atoms with Crippen LogP contribution in [0.1, 0.15) is 27.2 Å². The summed E-state index contributed by atoms with van der Waals surface area (Å²) in [5.41, 5.74) is 10.6. The van der Waals surface area contributed by atoms with Crippen LogP contribution in [-0.4, -0.2) is 13.1 Å². The van der Waals surface area contributed by atoms with Gasteiger partial charge in [-0.3, -0.25) is 0 Å². The first-order chi connectivity index (χ1) is 4.31. The third kappa shape index (κ3) is 11.5. The molecule has 0 saturated heterocycles. The Kier molecular flexibility index (Phi) is 14.0. The third-order valence-corrected chi connectivity index (χ3v) is 1.06. The summed E-state index contributed by atoms with van der Waals surface area (Å²) in [5.74, 6) is 0.602. The molecule has 1 atom stereocenters. The highest BCUT2D eigenvalue weighted by Crippen LogP contribution is 1.93. The van der Waals surface area contributed by atoms with Crippen LogP contribution >= 0.6 is 0 Å². The standard InChI is InChI=1S/C5H14N2.C2H6/c1-5(4-7)2-3-6;1-2/h5H,2-4,6-7H2,1H3;1-2H3. The van der Waals surface area contributed by atoms with E-state index in [4.69, 9.17) is 11.5 Å².